The second-order valence-corrected chi connectivity index (χ2v) is 6.05. The van der Waals surface area contributed by atoms with Gasteiger partial charge in [0.2, 0.25) is 5.91 Å². The minimum absolute atomic E-state index is 0.0294. The van der Waals surface area contributed by atoms with Crippen molar-refractivity contribution in [2.24, 2.45) is 7.05 Å². The quantitative estimate of drug-likeness (QED) is 0.819. The number of rotatable bonds is 4. The highest BCUT2D eigenvalue weighted by atomic mass is 16.2. The molecule has 1 amide bonds. The summed E-state index contributed by atoms with van der Waals surface area (Å²) in [5, 5.41) is 0. The van der Waals surface area contributed by atoms with Crippen LogP contribution in [0.5, 0.6) is 0 Å². The summed E-state index contributed by atoms with van der Waals surface area (Å²) in [6, 6.07) is 5.00. The van der Waals surface area contributed by atoms with Crippen LogP contribution >= 0.6 is 0 Å². The molecular formula is C17H23N5O2. The first-order chi connectivity index (χ1) is 11.6. The van der Waals surface area contributed by atoms with Gasteiger partial charge in [0, 0.05) is 51.3 Å². The first-order valence-corrected chi connectivity index (χ1v) is 8.24. The SMILES string of the molecule is CCN1CCN(C(=O)Cn2ccccc2=O)C[C@@H]1c1nccn1C. The molecule has 0 unspecified atom stereocenters. The lowest BCUT2D eigenvalue weighted by molar-refractivity contribution is -0.135. The average molecular weight is 329 g/mol. The summed E-state index contributed by atoms with van der Waals surface area (Å²) in [4.78, 5) is 33.1. The summed E-state index contributed by atoms with van der Waals surface area (Å²) in [5.41, 5.74) is -0.154. The maximum absolute atomic E-state index is 12.6. The number of amides is 1. The largest absolute Gasteiger partial charge is 0.338 e. The summed E-state index contributed by atoms with van der Waals surface area (Å²) in [7, 11) is 1.97. The molecule has 3 heterocycles. The summed E-state index contributed by atoms with van der Waals surface area (Å²) in [5.74, 6) is 0.935. The van der Waals surface area contributed by atoms with Crippen LogP contribution in [-0.4, -0.2) is 56.0 Å². The number of carbonyl (C=O) groups is 1. The van der Waals surface area contributed by atoms with Crippen molar-refractivity contribution in [1.82, 2.24) is 23.9 Å². The fourth-order valence-corrected chi connectivity index (χ4v) is 3.21. The number of carbonyl (C=O) groups excluding carboxylic acids is 1. The van der Waals surface area contributed by atoms with Crippen LogP contribution in [0, 0.1) is 0 Å². The monoisotopic (exact) mass is 329 g/mol. The summed E-state index contributed by atoms with van der Waals surface area (Å²) in [6.07, 6.45) is 5.36. The number of aryl methyl sites for hydroxylation is 1. The Labute approximate surface area is 141 Å². The van der Waals surface area contributed by atoms with E-state index in [1.54, 1.807) is 24.5 Å². The zero-order valence-electron chi connectivity index (χ0n) is 14.1. The van der Waals surface area contributed by atoms with Crippen molar-refractivity contribution in [3.05, 3.63) is 53.0 Å². The molecular weight excluding hydrogens is 306 g/mol. The molecule has 3 rings (SSSR count). The van der Waals surface area contributed by atoms with Crippen LogP contribution in [0.15, 0.2) is 41.6 Å². The highest BCUT2D eigenvalue weighted by Gasteiger charge is 2.31. The van der Waals surface area contributed by atoms with Crippen molar-refractivity contribution >= 4 is 5.91 Å². The van der Waals surface area contributed by atoms with Crippen LogP contribution in [0.1, 0.15) is 18.8 Å². The van der Waals surface area contributed by atoms with Gasteiger partial charge in [0.05, 0.1) is 6.04 Å². The third-order valence-corrected chi connectivity index (χ3v) is 4.61. The molecule has 0 bridgehead atoms. The number of hydrogen-bond donors (Lipinski definition) is 0. The minimum Gasteiger partial charge on any atom is -0.338 e. The van der Waals surface area contributed by atoms with Crippen LogP contribution in [0.25, 0.3) is 0 Å². The number of piperazine rings is 1. The van der Waals surface area contributed by atoms with E-state index in [2.05, 4.69) is 16.8 Å². The smallest absolute Gasteiger partial charge is 0.250 e. The van der Waals surface area contributed by atoms with Crippen LogP contribution in [-0.2, 0) is 18.4 Å². The molecule has 0 radical (unpaired) electrons. The van der Waals surface area contributed by atoms with E-state index in [0.717, 1.165) is 18.9 Å². The van der Waals surface area contributed by atoms with Crippen LogP contribution in [0.2, 0.25) is 0 Å². The molecule has 0 saturated carbocycles. The molecule has 1 atom stereocenters. The molecule has 1 aliphatic rings. The number of nitrogens with zero attached hydrogens (tertiary/aromatic N) is 5. The Morgan fingerprint density at radius 3 is 2.79 bits per heavy atom. The molecule has 0 aliphatic carbocycles. The van der Waals surface area contributed by atoms with E-state index in [9.17, 15) is 9.59 Å². The molecule has 2 aromatic rings. The standard InChI is InChI=1S/C17H23N5O2/c1-3-20-10-11-22(12-14(20)17-18-7-9-19(17)2)16(24)13-21-8-5-4-6-15(21)23/h4-9,14H,3,10-13H2,1-2H3/t14-/m1/s1. The highest BCUT2D eigenvalue weighted by Crippen LogP contribution is 2.23. The topological polar surface area (TPSA) is 63.4 Å². The molecule has 1 saturated heterocycles. The van der Waals surface area contributed by atoms with Gasteiger partial charge < -0.3 is 14.0 Å². The van der Waals surface area contributed by atoms with Gasteiger partial charge in [-0.1, -0.05) is 13.0 Å². The van der Waals surface area contributed by atoms with Gasteiger partial charge in [0.15, 0.2) is 0 Å². The summed E-state index contributed by atoms with van der Waals surface area (Å²) in [6.45, 7) is 5.20. The Morgan fingerprint density at radius 1 is 1.29 bits per heavy atom. The van der Waals surface area contributed by atoms with E-state index in [-0.39, 0.29) is 24.1 Å². The molecule has 24 heavy (non-hydrogen) atoms. The Morgan fingerprint density at radius 2 is 2.12 bits per heavy atom. The van der Waals surface area contributed by atoms with Crippen molar-refractivity contribution in [3.63, 3.8) is 0 Å². The molecule has 0 spiro atoms. The third kappa shape index (κ3) is 3.26. The van der Waals surface area contributed by atoms with Crippen LogP contribution in [0.4, 0.5) is 0 Å². The van der Waals surface area contributed by atoms with E-state index in [4.69, 9.17) is 0 Å². The highest BCUT2D eigenvalue weighted by molar-refractivity contribution is 5.76. The van der Waals surface area contributed by atoms with E-state index < -0.39 is 0 Å². The van der Waals surface area contributed by atoms with Gasteiger partial charge in [-0.05, 0) is 12.6 Å². The van der Waals surface area contributed by atoms with Gasteiger partial charge >= 0.3 is 0 Å². The predicted molar refractivity (Wildman–Crippen MR) is 90.5 cm³/mol. The third-order valence-electron chi connectivity index (χ3n) is 4.61. The van der Waals surface area contributed by atoms with E-state index in [1.807, 2.05) is 22.7 Å². The van der Waals surface area contributed by atoms with Crippen molar-refractivity contribution in [1.29, 1.82) is 0 Å². The van der Waals surface area contributed by atoms with Gasteiger partial charge in [0.25, 0.3) is 5.56 Å². The number of likely N-dealkylation sites (N-methyl/N-ethyl adjacent to an activating group) is 1. The Balaban J connectivity index is 1.75. The second-order valence-electron chi connectivity index (χ2n) is 6.05. The van der Waals surface area contributed by atoms with Crippen molar-refractivity contribution < 1.29 is 4.79 Å². The van der Waals surface area contributed by atoms with Gasteiger partial charge in [-0.25, -0.2) is 4.98 Å². The van der Waals surface area contributed by atoms with Crippen molar-refractivity contribution in [2.45, 2.75) is 19.5 Å². The zero-order valence-corrected chi connectivity index (χ0v) is 14.1. The normalized spacial score (nSPS) is 18.8. The molecule has 0 aromatic carbocycles. The molecule has 7 nitrogen and oxygen atoms in total. The van der Waals surface area contributed by atoms with E-state index in [1.165, 1.54) is 10.6 Å². The predicted octanol–water partition coefficient (Wildman–Crippen LogP) is 0.487. The number of pyridine rings is 1. The van der Waals surface area contributed by atoms with Gasteiger partial charge in [-0.3, -0.25) is 14.5 Å². The molecule has 128 valence electrons. The first-order valence-electron chi connectivity index (χ1n) is 8.24. The molecule has 1 aliphatic heterocycles. The zero-order chi connectivity index (χ0) is 17.1. The maximum Gasteiger partial charge on any atom is 0.250 e. The van der Waals surface area contributed by atoms with E-state index in [0.29, 0.717) is 13.1 Å². The van der Waals surface area contributed by atoms with Crippen LogP contribution < -0.4 is 5.56 Å². The minimum atomic E-state index is -0.154. The Hall–Kier alpha value is -2.41. The molecule has 7 heteroatoms. The lowest BCUT2D eigenvalue weighted by Gasteiger charge is -2.40. The molecule has 2 aromatic heterocycles. The Bertz CT molecular complexity index is 766. The summed E-state index contributed by atoms with van der Waals surface area (Å²) >= 11 is 0. The fourth-order valence-electron chi connectivity index (χ4n) is 3.21. The number of hydrogen-bond acceptors (Lipinski definition) is 4. The lowest BCUT2D eigenvalue weighted by atomic mass is 10.1. The molecule has 1 fully saturated rings. The molecule has 0 N–H and O–H groups in total. The van der Waals surface area contributed by atoms with Crippen LogP contribution in [0.3, 0.4) is 0 Å². The summed E-state index contributed by atoms with van der Waals surface area (Å²) < 4.78 is 3.45. The average Bonchev–Trinajstić information content (AvgIpc) is 3.02. The maximum atomic E-state index is 12.6. The number of imidazole rings is 1. The van der Waals surface area contributed by atoms with Crippen molar-refractivity contribution in [3.8, 4) is 0 Å². The van der Waals surface area contributed by atoms with Gasteiger partial charge in [-0.15, -0.1) is 0 Å². The fraction of sp³-hybridized carbons (Fsp3) is 0.471. The Kier molecular flexibility index (Phi) is 4.80. The van der Waals surface area contributed by atoms with Gasteiger partial charge in [0.1, 0.15) is 12.4 Å². The lowest BCUT2D eigenvalue weighted by Crippen LogP contribution is -2.51. The second kappa shape index (κ2) is 7.00. The van der Waals surface area contributed by atoms with Gasteiger partial charge in [-0.2, -0.15) is 0 Å². The van der Waals surface area contributed by atoms with E-state index >= 15 is 0 Å². The first kappa shape index (κ1) is 16.4. The van der Waals surface area contributed by atoms with Crippen molar-refractivity contribution in [2.75, 3.05) is 26.2 Å². The number of aromatic nitrogens is 3.